The third kappa shape index (κ3) is 2.63. The number of amides is 1. The molecule has 3 heterocycles. The van der Waals surface area contributed by atoms with Gasteiger partial charge in [0.15, 0.2) is 0 Å². The molecule has 2 aromatic rings. The van der Waals surface area contributed by atoms with Crippen LogP contribution in [0.1, 0.15) is 13.3 Å². The van der Waals surface area contributed by atoms with Crippen LogP contribution in [0.15, 0.2) is 18.6 Å². The topological polar surface area (TPSA) is 65.1 Å². The maximum Gasteiger partial charge on any atom is 0.237 e. The summed E-state index contributed by atoms with van der Waals surface area (Å²) in [6, 6.07) is 2.20. The number of fused-ring (bicyclic) bond motifs is 1. The molecule has 0 bridgehead atoms. The Morgan fingerprint density at radius 2 is 2.36 bits per heavy atom. The summed E-state index contributed by atoms with van der Waals surface area (Å²) in [6.07, 6.45) is 4.41. The molecule has 0 aliphatic carbocycles. The molecular formula is C15H20ClN5O. The summed E-state index contributed by atoms with van der Waals surface area (Å²) < 4.78 is 0. The van der Waals surface area contributed by atoms with Crippen LogP contribution in [0.3, 0.4) is 0 Å². The molecule has 7 heteroatoms. The van der Waals surface area contributed by atoms with Crippen LogP contribution >= 0.6 is 11.6 Å². The molecular weight excluding hydrogens is 302 g/mol. The fourth-order valence-corrected chi connectivity index (χ4v) is 3.33. The van der Waals surface area contributed by atoms with Crippen LogP contribution in [-0.4, -0.2) is 57.8 Å². The minimum atomic E-state index is 0.00134. The molecule has 0 spiro atoms. The first-order valence-electron chi connectivity index (χ1n) is 7.46. The Bertz CT molecular complexity index is 673. The highest BCUT2D eigenvalue weighted by atomic mass is 35.5. The lowest BCUT2D eigenvalue weighted by Gasteiger charge is -2.42. The van der Waals surface area contributed by atoms with Gasteiger partial charge in [-0.25, -0.2) is 9.97 Å². The van der Waals surface area contributed by atoms with E-state index < -0.39 is 0 Å². The second-order valence-corrected chi connectivity index (χ2v) is 6.12. The van der Waals surface area contributed by atoms with Gasteiger partial charge in [-0.2, -0.15) is 0 Å². The van der Waals surface area contributed by atoms with Gasteiger partial charge in [-0.1, -0.05) is 6.92 Å². The van der Waals surface area contributed by atoms with Crippen molar-refractivity contribution >= 4 is 34.4 Å². The Kier molecular flexibility index (Phi) is 4.20. The quantitative estimate of drug-likeness (QED) is 0.877. The van der Waals surface area contributed by atoms with E-state index in [1.165, 1.54) is 0 Å². The summed E-state index contributed by atoms with van der Waals surface area (Å²) in [4.78, 5) is 27.7. The molecule has 0 unspecified atom stereocenters. The number of hydrogen-bond donors (Lipinski definition) is 1. The molecule has 0 radical (unpaired) electrons. The van der Waals surface area contributed by atoms with E-state index in [0.29, 0.717) is 12.5 Å². The lowest BCUT2D eigenvalue weighted by molar-refractivity contribution is -0.130. The number of nitrogens with one attached hydrogen (secondary N) is 1. The number of rotatable bonds is 3. The molecule has 1 aliphatic rings. The number of likely N-dealkylation sites (N-methyl/N-ethyl adjacent to an activating group) is 1. The standard InChI is InChI=1S/C15H20ClN5O/c1-10-4-6-21(13(22)7-16)8-12(10)20(2)15-11-3-5-17-14(11)18-9-19-15/h3,5,9-10,12H,4,6-8H2,1-2H3,(H,17,18,19)/t10-,12+/m1/s1. The van der Waals surface area contributed by atoms with Crippen molar-refractivity contribution in [1.29, 1.82) is 0 Å². The van der Waals surface area contributed by atoms with Crippen molar-refractivity contribution < 1.29 is 4.79 Å². The van der Waals surface area contributed by atoms with Gasteiger partial charge in [-0.15, -0.1) is 11.6 Å². The minimum absolute atomic E-state index is 0.00134. The van der Waals surface area contributed by atoms with Gasteiger partial charge in [0.1, 0.15) is 23.7 Å². The summed E-state index contributed by atoms with van der Waals surface area (Å²) in [5.74, 6) is 1.42. The number of aromatic amines is 1. The first-order chi connectivity index (χ1) is 10.6. The fourth-order valence-electron chi connectivity index (χ4n) is 3.16. The number of hydrogen-bond acceptors (Lipinski definition) is 4. The predicted octanol–water partition coefficient (Wildman–Crippen LogP) is 1.87. The zero-order valence-electron chi connectivity index (χ0n) is 12.8. The number of anilines is 1. The molecule has 1 fully saturated rings. The van der Waals surface area contributed by atoms with Crippen LogP contribution in [0.4, 0.5) is 5.82 Å². The lowest BCUT2D eigenvalue weighted by Crippen LogP contribution is -2.53. The third-order valence-corrected chi connectivity index (χ3v) is 4.78. The number of H-pyrrole nitrogens is 1. The molecule has 118 valence electrons. The zero-order valence-corrected chi connectivity index (χ0v) is 13.5. The summed E-state index contributed by atoms with van der Waals surface area (Å²) >= 11 is 5.70. The largest absolute Gasteiger partial charge is 0.354 e. The molecule has 3 rings (SSSR count). The summed E-state index contributed by atoms with van der Waals surface area (Å²) in [5.41, 5.74) is 0.828. The number of carbonyl (C=O) groups is 1. The Hall–Kier alpha value is -1.82. The molecule has 0 saturated carbocycles. The average Bonchev–Trinajstić information content (AvgIpc) is 3.02. The molecule has 22 heavy (non-hydrogen) atoms. The van der Waals surface area contributed by atoms with Gasteiger partial charge in [-0.3, -0.25) is 4.79 Å². The highest BCUT2D eigenvalue weighted by molar-refractivity contribution is 6.27. The van der Waals surface area contributed by atoms with Crippen LogP contribution in [-0.2, 0) is 4.79 Å². The summed E-state index contributed by atoms with van der Waals surface area (Å²) in [5, 5.41) is 0.998. The van der Waals surface area contributed by atoms with E-state index in [1.807, 2.05) is 24.2 Å². The van der Waals surface area contributed by atoms with Crippen molar-refractivity contribution in [3.63, 3.8) is 0 Å². The highest BCUT2D eigenvalue weighted by Crippen LogP contribution is 2.28. The van der Waals surface area contributed by atoms with Crippen molar-refractivity contribution in [1.82, 2.24) is 19.9 Å². The van der Waals surface area contributed by atoms with E-state index in [2.05, 4.69) is 26.8 Å². The fraction of sp³-hybridized carbons (Fsp3) is 0.533. The molecule has 1 N–H and O–H groups in total. The molecule has 1 amide bonds. The molecule has 2 aromatic heterocycles. The molecule has 6 nitrogen and oxygen atoms in total. The van der Waals surface area contributed by atoms with Crippen LogP contribution in [0, 0.1) is 5.92 Å². The van der Waals surface area contributed by atoms with E-state index in [4.69, 9.17) is 11.6 Å². The number of alkyl halides is 1. The van der Waals surface area contributed by atoms with Crippen molar-refractivity contribution in [3.8, 4) is 0 Å². The van der Waals surface area contributed by atoms with Crippen LogP contribution in [0.25, 0.3) is 11.0 Å². The van der Waals surface area contributed by atoms with E-state index in [-0.39, 0.29) is 17.8 Å². The summed E-state index contributed by atoms with van der Waals surface area (Å²) in [6.45, 7) is 3.68. The van der Waals surface area contributed by atoms with E-state index >= 15 is 0 Å². The maximum absolute atomic E-state index is 11.9. The van der Waals surface area contributed by atoms with Gasteiger partial charge in [0, 0.05) is 26.3 Å². The highest BCUT2D eigenvalue weighted by Gasteiger charge is 2.32. The van der Waals surface area contributed by atoms with Crippen molar-refractivity contribution in [3.05, 3.63) is 18.6 Å². The molecule has 0 aromatic carbocycles. The van der Waals surface area contributed by atoms with E-state index in [1.54, 1.807) is 6.33 Å². The van der Waals surface area contributed by atoms with Crippen molar-refractivity contribution in [2.45, 2.75) is 19.4 Å². The Labute approximate surface area is 134 Å². The number of nitrogens with zero attached hydrogens (tertiary/aromatic N) is 4. The predicted molar refractivity (Wildman–Crippen MR) is 87.2 cm³/mol. The van der Waals surface area contributed by atoms with Crippen LogP contribution in [0.2, 0.25) is 0 Å². The number of aromatic nitrogens is 3. The van der Waals surface area contributed by atoms with Gasteiger partial charge in [-0.05, 0) is 18.4 Å². The van der Waals surface area contributed by atoms with Gasteiger partial charge >= 0.3 is 0 Å². The van der Waals surface area contributed by atoms with Gasteiger partial charge in [0.05, 0.1) is 11.4 Å². The number of likely N-dealkylation sites (tertiary alicyclic amines) is 1. The van der Waals surface area contributed by atoms with Gasteiger partial charge in [0.25, 0.3) is 0 Å². The van der Waals surface area contributed by atoms with Gasteiger partial charge in [0.2, 0.25) is 5.91 Å². The monoisotopic (exact) mass is 321 g/mol. The zero-order chi connectivity index (χ0) is 15.7. The van der Waals surface area contributed by atoms with Crippen molar-refractivity contribution in [2.24, 2.45) is 5.92 Å². The van der Waals surface area contributed by atoms with E-state index in [0.717, 1.165) is 29.8 Å². The minimum Gasteiger partial charge on any atom is -0.354 e. The van der Waals surface area contributed by atoms with Crippen molar-refractivity contribution in [2.75, 3.05) is 30.9 Å². The summed E-state index contributed by atoms with van der Waals surface area (Å²) in [7, 11) is 2.03. The van der Waals surface area contributed by atoms with E-state index in [9.17, 15) is 4.79 Å². The second kappa shape index (κ2) is 6.12. The normalized spacial score (nSPS) is 22.0. The average molecular weight is 322 g/mol. The Morgan fingerprint density at radius 3 is 3.14 bits per heavy atom. The molecule has 1 saturated heterocycles. The first kappa shape index (κ1) is 15.1. The Balaban J connectivity index is 1.88. The third-order valence-electron chi connectivity index (χ3n) is 4.55. The smallest absolute Gasteiger partial charge is 0.237 e. The Morgan fingerprint density at radius 1 is 1.55 bits per heavy atom. The SMILES string of the molecule is C[C@@H]1CCN(C(=O)CCl)C[C@@H]1N(C)c1ncnc2[nH]ccc12. The van der Waals surface area contributed by atoms with Gasteiger partial charge < -0.3 is 14.8 Å². The van der Waals surface area contributed by atoms with Crippen LogP contribution < -0.4 is 4.90 Å². The molecule has 2 atom stereocenters. The lowest BCUT2D eigenvalue weighted by atomic mass is 9.92. The van der Waals surface area contributed by atoms with Crippen LogP contribution in [0.5, 0.6) is 0 Å². The maximum atomic E-state index is 11.9. The second-order valence-electron chi connectivity index (χ2n) is 5.85. The first-order valence-corrected chi connectivity index (χ1v) is 8.00. The molecule has 1 aliphatic heterocycles. The number of piperidine rings is 1. The number of carbonyl (C=O) groups excluding carboxylic acids is 1. The number of halogens is 1.